The maximum atomic E-state index is 12.7. The molecular weight excluding hydrogens is 392 g/mol. The number of benzene rings is 2. The Bertz CT molecular complexity index is 987. The lowest BCUT2D eigenvalue weighted by Crippen LogP contribution is -2.33. The number of carboxylic acids is 1. The highest BCUT2D eigenvalue weighted by molar-refractivity contribution is 8.15. The fourth-order valence-corrected chi connectivity index (χ4v) is 3.93. The molecule has 1 aliphatic heterocycles. The summed E-state index contributed by atoms with van der Waals surface area (Å²) >= 11 is 0.846. The largest absolute Gasteiger partial charge is 0.481 e. The third-order valence-electron chi connectivity index (χ3n) is 4.63. The number of hydrogen-bond acceptors (Lipinski definition) is 5. The summed E-state index contributed by atoms with van der Waals surface area (Å²) in [5.41, 5.74) is 3.66. The zero-order chi connectivity index (χ0) is 21.1. The van der Waals surface area contributed by atoms with E-state index >= 15 is 0 Å². The van der Waals surface area contributed by atoms with E-state index in [0.29, 0.717) is 16.9 Å². The van der Waals surface area contributed by atoms with E-state index in [4.69, 9.17) is 5.11 Å². The summed E-state index contributed by atoms with van der Waals surface area (Å²) in [6.45, 7) is 3.85. The molecule has 0 spiro atoms. The van der Waals surface area contributed by atoms with Crippen molar-refractivity contribution in [1.29, 1.82) is 0 Å². The quantitative estimate of drug-likeness (QED) is 0.752. The maximum Gasteiger partial charge on any atom is 0.307 e. The molecule has 1 unspecified atom stereocenters. The zero-order valence-electron chi connectivity index (χ0n) is 16.0. The van der Waals surface area contributed by atoms with Crippen molar-refractivity contribution in [3.05, 3.63) is 59.2 Å². The van der Waals surface area contributed by atoms with Crippen molar-refractivity contribution in [2.24, 2.45) is 0 Å². The predicted octanol–water partition coefficient (Wildman–Crippen LogP) is 3.53. The van der Waals surface area contributed by atoms with E-state index in [2.05, 4.69) is 5.32 Å². The Morgan fingerprint density at radius 1 is 1.07 bits per heavy atom. The first-order valence-electron chi connectivity index (χ1n) is 8.97. The molecule has 7 nitrogen and oxygen atoms in total. The van der Waals surface area contributed by atoms with Gasteiger partial charge in [0.05, 0.1) is 12.1 Å². The van der Waals surface area contributed by atoms with Crippen LogP contribution in [0.2, 0.25) is 0 Å². The monoisotopic (exact) mass is 412 g/mol. The van der Waals surface area contributed by atoms with Crippen LogP contribution in [-0.2, 0) is 20.8 Å². The van der Waals surface area contributed by atoms with Gasteiger partial charge in [-0.1, -0.05) is 18.2 Å². The molecule has 1 fully saturated rings. The number of hydrogen-bond donors (Lipinski definition) is 2. The Labute approximate surface area is 172 Å². The molecule has 3 rings (SSSR count). The number of carbonyl (C=O) groups is 4. The predicted molar refractivity (Wildman–Crippen MR) is 111 cm³/mol. The van der Waals surface area contributed by atoms with Gasteiger partial charge in [-0.2, -0.15) is 0 Å². The summed E-state index contributed by atoms with van der Waals surface area (Å²) in [7, 11) is 0. The molecule has 0 radical (unpaired) electrons. The molecule has 1 saturated heterocycles. The number of nitrogens with one attached hydrogen (secondary N) is 1. The van der Waals surface area contributed by atoms with Gasteiger partial charge in [-0.25, -0.2) is 4.90 Å². The van der Waals surface area contributed by atoms with E-state index in [0.717, 1.165) is 27.8 Å². The molecule has 3 amide bonds. The van der Waals surface area contributed by atoms with E-state index in [1.54, 1.807) is 36.4 Å². The van der Waals surface area contributed by atoms with Gasteiger partial charge in [0, 0.05) is 12.1 Å². The first-order chi connectivity index (χ1) is 13.7. The fourth-order valence-electron chi connectivity index (χ4n) is 2.95. The highest BCUT2D eigenvalue weighted by atomic mass is 32.2. The van der Waals surface area contributed by atoms with Crippen molar-refractivity contribution in [3.63, 3.8) is 0 Å². The van der Waals surface area contributed by atoms with Crippen molar-refractivity contribution in [2.75, 3.05) is 10.2 Å². The van der Waals surface area contributed by atoms with Crippen LogP contribution in [0.4, 0.5) is 16.2 Å². The van der Waals surface area contributed by atoms with Crippen molar-refractivity contribution < 1.29 is 24.3 Å². The number of carbonyl (C=O) groups excluding carboxylic acids is 3. The Balaban J connectivity index is 1.63. The van der Waals surface area contributed by atoms with Crippen molar-refractivity contribution in [1.82, 2.24) is 0 Å². The summed E-state index contributed by atoms with van der Waals surface area (Å²) in [6, 6.07) is 11.8. The average molecular weight is 412 g/mol. The van der Waals surface area contributed by atoms with Crippen molar-refractivity contribution in [2.45, 2.75) is 31.9 Å². The van der Waals surface area contributed by atoms with Crippen LogP contribution in [0.25, 0.3) is 0 Å². The van der Waals surface area contributed by atoms with E-state index in [-0.39, 0.29) is 12.8 Å². The Morgan fingerprint density at radius 3 is 2.38 bits per heavy atom. The lowest BCUT2D eigenvalue weighted by molar-refractivity contribution is -0.136. The standard InChI is InChI=1S/C21H20N2O5S/c1-12-3-8-16(9-13(12)2)23-20(27)17(29-21(23)28)11-18(24)22-15-6-4-14(5-7-15)10-19(25)26/h3-9,17H,10-11H2,1-2H3,(H,22,24)(H,25,26). The van der Waals surface area contributed by atoms with Crippen LogP contribution in [0.1, 0.15) is 23.1 Å². The van der Waals surface area contributed by atoms with Gasteiger partial charge in [-0.05, 0) is 66.6 Å². The first kappa shape index (κ1) is 20.6. The van der Waals surface area contributed by atoms with E-state index in [1.165, 1.54) is 0 Å². The van der Waals surface area contributed by atoms with Gasteiger partial charge in [0.25, 0.3) is 5.24 Å². The maximum absolute atomic E-state index is 12.7. The Kier molecular flexibility index (Phi) is 6.03. The molecule has 1 heterocycles. The van der Waals surface area contributed by atoms with Crippen LogP contribution in [0.5, 0.6) is 0 Å². The minimum Gasteiger partial charge on any atom is -0.481 e. The molecule has 1 atom stereocenters. The average Bonchev–Trinajstić information content (AvgIpc) is 2.92. The molecule has 0 bridgehead atoms. The third-order valence-corrected chi connectivity index (χ3v) is 5.67. The first-order valence-corrected chi connectivity index (χ1v) is 9.85. The van der Waals surface area contributed by atoms with Gasteiger partial charge >= 0.3 is 5.97 Å². The van der Waals surface area contributed by atoms with Gasteiger partial charge in [0.2, 0.25) is 11.8 Å². The Morgan fingerprint density at radius 2 is 1.76 bits per heavy atom. The van der Waals surface area contributed by atoms with Crippen molar-refractivity contribution >= 4 is 46.2 Å². The molecule has 2 aromatic rings. The van der Waals surface area contributed by atoms with Crippen LogP contribution < -0.4 is 10.2 Å². The van der Waals surface area contributed by atoms with Gasteiger partial charge in [0.15, 0.2) is 0 Å². The second-order valence-corrected chi connectivity index (χ2v) is 7.99. The van der Waals surface area contributed by atoms with Gasteiger partial charge in [-0.15, -0.1) is 0 Å². The molecule has 8 heteroatoms. The lowest BCUT2D eigenvalue weighted by Gasteiger charge is -2.15. The lowest BCUT2D eigenvalue weighted by atomic mass is 10.1. The number of carboxylic acid groups (broad SMARTS) is 1. The summed E-state index contributed by atoms with van der Waals surface area (Å²) in [5.74, 6) is -1.73. The van der Waals surface area contributed by atoms with Crippen LogP contribution in [0, 0.1) is 13.8 Å². The van der Waals surface area contributed by atoms with E-state index in [1.807, 2.05) is 19.9 Å². The molecule has 0 aromatic heterocycles. The van der Waals surface area contributed by atoms with Crippen molar-refractivity contribution in [3.8, 4) is 0 Å². The minimum atomic E-state index is -0.934. The number of amides is 3. The van der Waals surface area contributed by atoms with Crippen LogP contribution in [0.3, 0.4) is 0 Å². The topological polar surface area (TPSA) is 104 Å². The number of nitrogens with zero attached hydrogens (tertiary/aromatic N) is 1. The molecule has 29 heavy (non-hydrogen) atoms. The summed E-state index contributed by atoms with van der Waals surface area (Å²) in [4.78, 5) is 49.2. The molecule has 1 aliphatic rings. The summed E-state index contributed by atoms with van der Waals surface area (Å²) in [6.07, 6.45) is -0.231. The summed E-state index contributed by atoms with van der Waals surface area (Å²) in [5, 5.41) is 10.3. The number of thioether (sulfide) groups is 1. The SMILES string of the molecule is Cc1ccc(N2C(=O)SC(CC(=O)Nc3ccc(CC(=O)O)cc3)C2=O)cc1C. The fraction of sp³-hybridized carbons (Fsp3) is 0.238. The number of rotatable bonds is 6. The number of aliphatic carboxylic acids is 1. The second-order valence-electron chi connectivity index (χ2n) is 6.83. The summed E-state index contributed by atoms with van der Waals surface area (Å²) < 4.78 is 0. The van der Waals surface area contributed by atoms with Gasteiger partial charge in [0.1, 0.15) is 5.25 Å². The molecule has 150 valence electrons. The smallest absolute Gasteiger partial charge is 0.307 e. The van der Waals surface area contributed by atoms with Crippen LogP contribution >= 0.6 is 11.8 Å². The molecule has 0 saturated carbocycles. The highest BCUT2D eigenvalue weighted by Gasteiger charge is 2.41. The minimum absolute atomic E-state index is 0.0993. The van der Waals surface area contributed by atoms with E-state index < -0.39 is 28.3 Å². The van der Waals surface area contributed by atoms with Crippen LogP contribution in [-0.4, -0.2) is 33.4 Å². The van der Waals surface area contributed by atoms with Gasteiger partial charge in [-0.3, -0.25) is 19.2 Å². The third kappa shape index (κ3) is 4.83. The number of imide groups is 1. The molecular formula is C21H20N2O5S. The molecule has 2 N–H and O–H groups in total. The zero-order valence-corrected chi connectivity index (χ0v) is 16.8. The normalized spacial score (nSPS) is 16.2. The number of anilines is 2. The van der Waals surface area contributed by atoms with Gasteiger partial charge < -0.3 is 10.4 Å². The van der Waals surface area contributed by atoms with E-state index in [9.17, 15) is 19.2 Å². The second kappa shape index (κ2) is 8.48. The molecule has 0 aliphatic carbocycles. The molecule has 2 aromatic carbocycles. The van der Waals surface area contributed by atoms with Crippen LogP contribution in [0.15, 0.2) is 42.5 Å². The highest BCUT2D eigenvalue weighted by Crippen LogP contribution is 2.34. The Hall–Kier alpha value is -3.13. The number of aryl methyl sites for hydroxylation is 2.